The maximum atomic E-state index is 13.3. The Morgan fingerprint density at radius 3 is 2.53 bits per heavy atom. The Labute approximate surface area is 178 Å². The van der Waals surface area contributed by atoms with Crippen LogP contribution >= 0.6 is 0 Å². The van der Waals surface area contributed by atoms with E-state index in [0.717, 1.165) is 63.1 Å². The Hall–Kier alpha value is -2.09. The molecule has 3 aliphatic rings. The molecule has 1 aromatic heterocycles. The summed E-state index contributed by atoms with van der Waals surface area (Å²) in [5, 5.41) is 7.37. The predicted molar refractivity (Wildman–Crippen MR) is 114 cm³/mol. The van der Waals surface area contributed by atoms with Crippen molar-refractivity contribution in [2.24, 2.45) is 0 Å². The summed E-state index contributed by atoms with van der Waals surface area (Å²) >= 11 is 0. The summed E-state index contributed by atoms with van der Waals surface area (Å²) in [5.41, 5.74) is 1.82. The summed E-state index contributed by atoms with van der Waals surface area (Å²) in [4.78, 5) is 31.5. The molecule has 0 aromatic carbocycles. The fourth-order valence-electron chi connectivity index (χ4n) is 5.26. The highest BCUT2D eigenvalue weighted by molar-refractivity contribution is 5.95. The lowest BCUT2D eigenvalue weighted by molar-refractivity contribution is 0.0377. The quantitative estimate of drug-likeness (QED) is 0.815. The summed E-state index contributed by atoms with van der Waals surface area (Å²) in [6.07, 6.45) is 9.70. The van der Waals surface area contributed by atoms with Gasteiger partial charge in [0.25, 0.3) is 5.91 Å². The summed E-state index contributed by atoms with van der Waals surface area (Å²) in [5.74, 6) is 0.566. The zero-order chi connectivity index (χ0) is 20.9. The van der Waals surface area contributed by atoms with Crippen molar-refractivity contribution in [3.63, 3.8) is 0 Å². The molecule has 8 heteroatoms. The van der Waals surface area contributed by atoms with Crippen molar-refractivity contribution in [1.29, 1.82) is 0 Å². The lowest BCUT2D eigenvalue weighted by Crippen LogP contribution is -2.56. The number of aromatic nitrogens is 2. The molecule has 0 radical (unpaired) electrons. The number of aromatic amines is 1. The smallest absolute Gasteiger partial charge is 0.409 e. The Morgan fingerprint density at radius 1 is 1.03 bits per heavy atom. The Bertz CT molecular complexity index is 722. The maximum Gasteiger partial charge on any atom is 0.409 e. The van der Waals surface area contributed by atoms with Gasteiger partial charge >= 0.3 is 6.09 Å². The highest BCUT2D eigenvalue weighted by Crippen LogP contribution is 2.33. The molecule has 8 nitrogen and oxygen atoms in total. The average Bonchev–Trinajstić information content (AvgIpc) is 3.29. The lowest BCUT2D eigenvalue weighted by Gasteiger charge is -2.43. The SMILES string of the molecule is CCOC(=O)N1CCN([C@H]2CCCN(C(=O)c3cn[nH]c3C3CCCCC3)C2)CC1. The van der Waals surface area contributed by atoms with E-state index in [0.29, 0.717) is 31.7 Å². The first-order valence-electron chi connectivity index (χ1n) is 11.7. The van der Waals surface area contributed by atoms with Gasteiger partial charge in [0.05, 0.1) is 24.1 Å². The molecule has 1 saturated carbocycles. The van der Waals surface area contributed by atoms with Crippen LogP contribution in [-0.2, 0) is 4.74 Å². The van der Waals surface area contributed by atoms with Gasteiger partial charge in [-0.25, -0.2) is 4.79 Å². The van der Waals surface area contributed by atoms with Crippen LogP contribution < -0.4 is 0 Å². The summed E-state index contributed by atoms with van der Waals surface area (Å²) < 4.78 is 5.12. The van der Waals surface area contributed by atoms with Gasteiger partial charge < -0.3 is 14.5 Å². The minimum atomic E-state index is -0.215. The topological polar surface area (TPSA) is 81.8 Å². The molecule has 3 fully saturated rings. The molecule has 1 aliphatic carbocycles. The fourth-order valence-corrected chi connectivity index (χ4v) is 5.26. The van der Waals surface area contributed by atoms with Crippen molar-refractivity contribution in [2.75, 3.05) is 45.9 Å². The molecule has 4 rings (SSSR count). The molecule has 1 atom stereocenters. The van der Waals surface area contributed by atoms with E-state index >= 15 is 0 Å². The van der Waals surface area contributed by atoms with E-state index in [1.165, 1.54) is 19.3 Å². The van der Waals surface area contributed by atoms with E-state index in [1.807, 2.05) is 11.8 Å². The van der Waals surface area contributed by atoms with Crippen LogP contribution in [0, 0.1) is 0 Å². The number of H-pyrrole nitrogens is 1. The number of nitrogens with one attached hydrogen (secondary N) is 1. The minimum absolute atomic E-state index is 0.124. The van der Waals surface area contributed by atoms with E-state index < -0.39 is 0 Å². The predicted octanol–water partition coefficient (Wildman–Crippen LogP) is 2.84. The zero-order valence-corrected chi connectivity index (χ0v) is 18.1. The third-order valence-electron chi connectivity index (χ3n) is 6.95. The molecule has 2 aliphatic heterocycles. The van der Waals surface area contributed by atoms with Gasteiger partial charge in [-0.2, -0.15) is 5.10 Å². The van der Waals surface area contributed by atoms with Crippen LogP contribution in [0.5, 0.6) is 0 Å². The standard InChI is InChI=1S/C22H35N5O3/c1-2-30-22(29)26-13-11-25(12-14-26)18-9-6-10-27(16-18)21(28)19-15-23-24-20(19)17-7-4-3-5-8-17/h15,17-18H,2-14,16H2,1H3,(H,23,24)/t18-/m0/s1. The number of likely N-dealkylation sites (tertiary alicyclic amines) is 1. The summed E-state index contributed by atoms with van der Waals surface area (Å²) in [6.45, 7) is 6.88. The van der Waals surface area contributed by atoms with Gasteiger partial charge in [0.15, 0.2) is 0 Å². The molecule has 3 heterocycles. The first kappa shape index (κ1) is 21.2. The van der Waals surface area contributed by atoms with E-state index in [9.17, 15) is 9.59 Å². The number of hydrogen-bond donors (Lipinski definition) is 1. The number of hydrogen-bond acceptors (Lipinski definition) is 5. The number of piperazine rings is 1. The van der Waals surface area contributed by atoms with Gasteiger partial charge in [-0.3, -0.25) is 14.8 Å². The zero-order valence-electron chi connectivity index (χ0n) is 18.1. The third-order valence-corrected chi connectivity index (χ3v) is 6.95. The first-order valence-corrected chi connectivity index (χ1v) is 11.7. The van der Waals surface area contributed by atoms with Crippen LogP contribution in [0.15, 0.2) is 6.20 Å². The Kier molecular flexibility index (Phi) is 6.92. The second-order valence-electron chi connectivity index (χ2n) is 8.80. The van der Waals surface area contributed by atoms with Crippen LogP contribution in [0.25, 0.3) is 0 Å². The number of nitrogens with zero attached hydrogens (tertiary/aromatic N) is 4. The number of piperidine rings is 1. The molecule has 2 amide bonds. The van der Waals surface area contributed by atoms with E-state index in [1.54, 1.807) is 11.1 Å². The number of amides is 2. The highest BCUT2D eigenvalue weighted by Gasteiger charge is 2.33. The molecule has 0 unspecified atom stereocenters. The van der Waals surface area contributed by atoms with Gasteiger partial charge in [0, 0.05) is 51.2 Å². The van der Waals surface area contributed by atoms with Crippen molar-refractivity contribution >= 4 is 12.0 Å². The number of carbonyl (C=O) groups is 2. The van der Waals surface area contributed by atoms with E-state index in [2.05, 4.69) is 15.1 Å². The molecule has 0 spiro atoms. The van der Waals surface area contributed by atoms with Crippen molar-refractivity contribution in [3.05, 3.63) is 17.5 Å². The minimum Gasteiger partial charge on any atom is -0.450 e. The van der Waals surface area contributed by atoms with Crippen molar-refractivity contribution in [2.45, 2.75) is 63.8 Å². The van der Waals surface area contributed by atoms with Crippen LogP contribution in [0.1, 0.15) is 73.8 Å². The lowest BCUT2D eigenvalue weighted by atomic mass is 9.85. The molecule has 1 aromatic rings. The van der Waals surface area contributed by atoms with Crippen molar-refractivity contribution in [3.8, 4) is 0 Å². The molecule has 1 N–H and O–H groups in total. The van der Waals surface area contributed by atoms with Crippen molar-refractivity contribution < 1.29 is 14.3 Å². The van der Waals surface area contributed by atoms with Gasteiger partial charge in [0.2, 0.25) is 0 Å². The van der Waals surface area contributed by atoms with Gasteiger partial charge in [-0.1, -0.05) is 19.3 Å². The summed E-state index contributed by atoms with van der Waals surface area (Å²) in [7, 11) is 0. The number of rotatable bonds is 4. The normalized spacial score (nSPS) is 24.1. The number of ether oxygens (including phenoxy) is 1. The summed E-state index contributed by atoms with van der Waals surface area (Å²) in [6, 6.07) is 0.358. The average molecular weight is 418 g/mol. The first-order chi connectivity index (χ1) is 14.7. The van der Waals surface area contributed by atoms with Gasteiger partial charge in [-0.15, -0.1) is 0 Å². The molecular formula is C22H35N5O3. The molecule has 0 bridgehead atoms. The monoisotopic (exact) mass is 417 g/mol. The molecule has 166 valence electrons. The maximum absolute atomic E-state index is 13.3. The van der Waals surface area contributed by atoms with Crippen LogP contribution in [0.2, 0.25) is 0 Å². The van der Waals surface area contributed by atoms with E-state index in [-0.39, 0.29) is 12.0 Å². The fraction of sp³-hybridized carbons (Fsp3) is 0.773. The van der Waals surface area contributed by atoms with Crippen LogP contribution in [0.4, 0.5) is 4.79 Å². The van der Waals surface area contributed by atoms with Gasteiger partial charge in [-0.05, 0) is 32.6 Å². The van der Waals surface area contributed by atoms with Gasteiger partial charge in [0.1, 0.15) is 0 Å². The molecule has 30 heavy (non-hydrogen) atoms. The highest BCUT2D eigenvalue weighted by atomic mass is 16.6. The van der Waals surface area contributed by atoms with E-state index in [4.69, 9.17) is 4.74 Å². The van der Waals surface area contributed by atoms with Crippen LogP contribution in [0.3, 0.4) is 0 Å². The second kappa shape index (κ2) is 9.81. The Balaban J connectivity index is 1.35. The second-order valence-corrected chi connectivity index (χ2v) is 8.80. The molecular weight excluding hydrogens is 382 g/mol. The third kappa shape index (κ3) is 4.63. The Morgan fingerprint density at radius 2 is 1.80 bits per heavy atom. The number of carbonyl (C=O) groups excluding carboxylic acids is 2. The molecule has 2 saturated heterocycles. The van der Waals surface area contributed by atoms with Crippen LogP contribution in [-0.4, -0.2) is 88.8 Å². The van der Waals surface area contributed by atoms with Crippen molar-refractivity contribution in [1.82, 2.24) is 24.9 Å². The largest absolute Gasteiger partial charge is 0.450 e.